The highest BCUT2D eigenvalue weighted by Crippen LogP contribution is 2.25. The van der Waals surface area contributed by atoms with Crippen LogP contribution < -0.4 is 54.4 Å². The van der Waals surface area contributed by atoms with Crippen LogP contribution >= 0.6 is 44.8 Å². The average Bonchev–Trinajstić information content (AvgIpc) is 3.88. The lowest BCUT2D eigenvalue weighted by Crippen LogP contribution is -2.61. The molecule has 0 saturated carbocycles. The van der Waals surface area contributed by atoms with E-state index >= 15 is 0 Å². The third-order valence-corrected chi connectivity index (χ3v) is 15.8. The molecular formula is C54H66Cl2N12O8S2. The highest BCUT2D eigenvalue weighted by Gasteiger charge is 2.36. The second-order valence-electron chi connectivity index (χ2n) is 19.2. The lowest BCUT2D eigenvalue weighted by molar-refractivity contribution is -0.136. The van der Waals surface area contributed by atoms with Crippen molar-refractivity contribution in [2.75, 3.05) is 18.1 Å². The summed E-state index contributed by atoms with van der Waals surface area (Å²) in [6.45, 7) is 3.67. The Morgan fingerprint density at radius 3 is 1.96 bits per heavy atom. The maximum absolute atomic E-state index is 14.8. The van der Waals surface area contributed by atoms with E-state index in [-0.39, 0.29) is 43.6 Å². The molecule has 1 fully saturated rings. The van der Waals surface area contributed by atoms with Crippen molar-refractivity contribution >= 4 is 103 Å². The molecule has 1 aliphatic rings. The molecule has 14 N–H and O–H groups in total. The molecule has 24 heteroatoms. The number of amides is 8. The van der Waals surface area contributed by atoms with Gasteiger partial charge in [0.05, 0.1) is 6.04 Å². The second kappa shape index (κ2) is 29.9. The zero-order valence-corrected chi connectivity index (χ0v) is 46.2. The molecule has 3 aromatic carbocycles. The fourth-order valence-electron chi connectivity index (χ4n) is 8.52. The quantitative estimate of drug-likeness (QED) is 0.0445. The summed E-state index contributed by atoms with van der Waals surface area (Å²) in [6.07, 6.45) is 5.66. The number of pyridine rings is 1. The molecule has 0 radical (unpaired) electrons. The maximum atomic E-state index is 14.8. The molecule has 8 atom stereocenters. The van der Waals surface area contributed by atoms with Crippen LogP contribution in [-0.2, 0) is 64.0 Å². The number of aromatic amines is 1. The zero-order chi connectivity index (χ0) is 56.3. The lowest BCUT2D eigenvalue weighted by Gasteiger charge is -2.29. The van der Waals surface area contributed by atoms with Crippen molar-refractivity contribution < 1.29 is 38.4 Å². The number of carbonyl (C=O) groups is 8. The van der Waals surface area contributed by atoms with Crippen LogP contribution in [0.2, 0.25) is 10.0 Å². The maximum Gasteiger partial charge on any atom is 0.244 e. The number of nitrogens with two attached hydrogens (primary N) is 3. The SMILES string of the molecule is CC(C)[C@@H]1NC(=O)[C@H](CCCCN)NC(=O)[C@@H](Cc2c[nH]c3ccccc23)NC(=O)[C@H](Cc2cccnc2)NC(=O)[C@H](NC(=O)[C@@H](N)Cc2ccc(Cl)cc2)CSSC[C@@H](C(=O)N[C@@H](Cc2ccc(Cl)cc2)C(N)=O)NC1=O. The van der Waals surface area contributed by atoms with E-state index in [0.29, 0.717) is 51.7 Å². The van der Waals surface area contributed by atoms with Crippen LogP contribution in [0.5, 0.6) is 0 Å². The molecule has 0 unspecified atom stereocenters. The molecule has 78 heavy (non-hydrogen) atoms. The third-order valence-electron chi connectivity index (χ3n) is 12.9. The molecule has 3 heterocycles. The van der Waals surface area contributed by atoms with Gasteiger partial charge in [0.15, 0.2) is 0 Å². The van der Waals surface area contributed by atoms with E-state index < -0.39 is 102 Å². The zero-order valence-electron chi connectivity index (χ0n) is 43.1. The lowest BCUT2D eigenvalue weighted by atomic mass is 10.00. The minimum atomic E-state index is -1.38. The second-order valence-corrected chi connectivity index (χ2v) is 22.7. The molecule has 2 aromatic heterocycles. The van der Waals surface area contributed by atoms with Crippen molar-refractivity contribution in [3.05, 3.63) is 136 Å². The van der Waals surface area contributed by atoms with E-state index in [9.17, 15) is 38.4 Å². The van der Waals surface area contributed by atoms with Gasteiger partial charge in [-0.15, -0.1) is 0 Å². The summed E-state index contributed by atoms with van der Waals surface area (Å²) >= 11 is 12.2. The molecule has 20 nitrogen and oxygen atoms in total. The largest absolute Gasteiger partial charge is 0.368 e. The van der Waals surface area contributed by atoms with E-state index in [1.54, 1.807) is 86.9 Å². The Morgan fingerprint density at radius 1 is 0.705 bits per heavy atom. The molecule has 0 spiro atoms. The van der Waals surface area contributed by atoms with Crippen molar-refractivity contribution in [3.63, 3.8) is 0 Å². The number of hydrogen-bond acceptors (Lipinski definition) is 13. The third kappa shape index (κ3) is 18.2. The first-order chi connectivity index (χ1) is 37.4. The number of para-hydroxylation sites is 1. The minimum Gasteiger partial charge on any atom is -0.368 e. The standard InChI is InChI=1S/C54H66Cl2N12O8S2/c1-30(2)46-54(76)67-45(52(74)63-41(47(59)69)23-32-14-18-36(56)19-15-32)29-78-77-28-44(66-48(70)38(58)22-31-12-16-35(55)17-13-31)53(75)64-42(24-33-8-7-21-60-26-33)50(72)65-43(25-34-27-61-39-10-4-3-9-37(34)39)51(73)62-40(49(71)68-46)11-5-6-20-57/h3-4,7-10,12-19,21,26-27,30,38,40-46,61H,5-6,11,20,22-25,28-29,57-58H2,1-2H3,(H2,59,69)(H,62,73)(H,63,74)(H,64,75)(H,65,72)(H,66,70)(H,67,76)(H,68,71)/t38-,40-,41-,42-,43+,44+,45-,46-/m0/s1. The average molecular weight is 1150 g/mol. The fourth-order valence-corrected chi connectivity index (χ4v) is 11.1. The topological polar surface area (TPSA) is 328 Å². The number of hydrogen-bond donors (Lipinski definition) is 11. The Kier molecular flexibility index (Phi) is 23.2. The van der Waals surface area contributed by atoms with Crippen molar-refractivity contribution in [1.82, 2.24) is 47.2 Å². The highest BCUT2D eigenvalue weighted by molar-refractivity contribution is 8.76. The van der Waals surface area contributed by atoms with Gasteiger partial charge in [0.25, 0.3) is 0 Å². The normalized spacial score (nSPS) is 21.0. The van der Waals surface area contributed by atoms with Crippen LogP contribution in [-0.4, -0.2) is 124 Å². The van der Waals surface area contributed by atoms with Gasteiger partial charge in [0.1, 0.15) is 42.3 Å². The highest BCUT2D eigenvalue weighted by atomic mass is 35.5. The number of nitrogens with one attached hydrogen (secondary N) is 8. The number of halogens is 2. The molecular weight excluding hydrogens is 1080 g/mol. The summed E-state index contributed by atoms with van der Waals surface area (Å²) in [7, 11) is 2.11. The number of nitrogens with zero attached hydrogens (tertiary/aromatic N) is 1. The number of carbonyl (C=O) groups excluding carboxylic acids is 8. The van der Waals surface area contributed by atoms with Crippen molar-refractivity contribution in [1.29, 1.82) is 0 Å². The Labute approximate surface area is 470 Å². The molecule has 1 aliphatic heterocycles. The molecule has 5 aromatic rings. The van der Waals surface area contributed by atoms with E-state index in [4.69, 9.17) is 40.4 Å². The van der Waals surface area contributed by atoms with Gasteiger partial charge in [-0.1, -0.05) is 107 Å². The van der Waals surface area contributed by atoms with Crippen LogP contribution in [0.3, 0.4) is 0 Å². The van der Waals surface area contributed by atoms with Crippen LogP contribution in [0.1, 0.15) is 55.4 Å². The Hall–Kier alpha value is -6.69. The van der Waals surface area contributed by atoms with Gasteiger partial charge in [0, 0.05) is 70.3 Å². The number of fused-ring (bicyclic) bond motifs is 1. The van der Waals surface area contributed by atoms with E-state index in [1.807, 2.05) is 24.3 Å². The summed E-state index contributed by atoms with van der Waals surface area (Å²) in [5, 5.41) is 21.2. The smallest absolute Gasteiger partial charge is 0.244 e. The fraction of sp³-hybridized carbons (Fsp3) is 0.389. The summed E-state index contributed by atoms with van der Waals surface area (Å²) in [6, 6.07) is 13.8. The van der Waals surface area contributed by atoms with Crippen LogP contribution in [0, 0.1) is 5.92 Å². The van der Waals surface area contributed by atoms with E-state index in [0.717, 1.165) is 32.5 Å². The molecule has 1 saturated heterocycles. The first-order valence-electron chi connectivity index (χ1n) is 25.4. The Balaban J connectivity index is 1.38. The molecule has 8 amide bonds. The van der Waals surface area contributed by atoms with Gasteiger partial charge in [-0.2, -0.15) is 0 Å². The van der Waals surface area contributed by atoms with Gasteiger partial charge < -0.3 is 59.4 Å². The summed E-state index contributed by atoms with van der Waals surface area (Å²) in [4.78, 5) is 122. The van der Waals surface area contributed by atoms with Gasteiger partial charge in [-0.3, -0.25) is 43.3 Å². The minimum absolute atomic E-state index is 0.0121. The summed E-state index contributed by atoms with van der Waals surface area (Å²) in [5.41, 5.74) is 21.4. The summed E-state index contributed by atoms with van der Waals surface area (Å²) < 4.78 is 0. The predicted molar refractivity (Wildman–Crippen MR) is 304 cm³/mol. The van der Waals surface area contributed by atoms with Crippen molar-refractivity contribution in [3.8, 4) is 0 Å². The van der Waals surface area contributed by atoms with Gasteiger partial charge >= 0.3 is 0 Å². The van der Waals surface area contributed by atoms with Gasteiger partial charge in [0.2, 0.25) is 47.3 Å². The molecule has 0 aliphatic carbocycles. The van der Waals surface area contributed by atoms with Crippen LogP contribution in [0.25, 0.3) is 10.9 Å². The number of rotatable bonds is 18. The van der Waals surface area contributed by atoms with Crippen molar-refractivity contribution in [2.24, 2.45) is 23.1 Å². The van der Waals surface area contributed by atoms with Crippen LogP contribution in [0.4, 0.5) is 0 Å². The first kappa shape index (κ1) is 60.5. The van der Waals surface area contributed by atoms with E-state index in [2.05, 4.69) is 47.2 Å². The predicted octanol–water partition coefficient (Wildman–Crippen LogP) is 2.53. The number of unbranched alkanes of at least 4 members (excludes halogenated alkanes) is 1. The van der Waals surface area contributed by atoms with Crippen molar-refractivity contribution in [2.45, 2.75) is 107 Å². The van der Waals surface area contributed by atoms with Crippen LogP contribution in [0.15, 0.2) is 104 Å². The molecule has 416 valence electrons. The number of aromatic nitrogens is 2. The number of benzene rings is 3. The Morgan fingerprint density at radius 2 is 1.32 bits per heavy atom. The van der Waals surface area contributed by atoms with Gasteiger partial charge in [-0.05, 0) is 96.8 Å². The van der Waals surface area contributed by atoms with Gasteiger partial charge in [-0.25, -0.2) is 0 Å². The molecule has 0 bridgehead atoms. The molecule has 6 rings (SSSR count). The number of primary amides is 1. The number of H-pyrrole nitrogens is 1. The van der Waals surface area contributed by atoms with E-state index in [1.165, 1.54) is 6.20 Å². The first-order valence-corrected chi connectivity index (χ1v) is 28.7. The monoisotopic (exact) mass is 1140 g/mol. The Bertz CT molecular complexity index is 2870. The summed E-state index contributed by atoms with van der Waals surface area (Å²) in [5.74, 6) is -7.04.